The van der Waals surface area contributed by atoms with Crippen LogP contribution in [0.25, 0.3) is 0 Å². The molecule has 2 aliphatic heterocycles. The van der Waals surface area contributed by atoms with E-state index < -0.39 is 0 Å². The number of rotatable bonds is 3. The van der Waals surface area contributed by atoms with E-state index in [1.165, 1.54) is 0 Å². The maximum Gasteiger partial charge on any atom is 0.254 e. The van der Waals surface area contributed by atoms with Crippen molar-refractivity contribution in [2.75, 3.05) is 33.4 Å². The van der Waals surface area contributed by atoms with Crippen molar-refractivity contribution in [3.63, 3.8) is 0 Å². The van der Waals surface area contributed by atoms with E-state index in [2.05, 4.69) is 6.92 Å². The van der Waals surface area contributed by atoms with Gasteiger partial charge in [-0.25, -0.2) is 0 Å². The van der Waals surface area contributed by atoms with Crippen molar-refractivity contribution < 1.29 is 19.0 Å². The van der Waals surface area contributed by atoms with Gasteiger partial charge in [0.25, 0.3) is 5.91 Å². The number of benzene rings is 1. The van der Waals surface area contributed by atoms with Gasteiger partial charge in [0, 0.05) is 24.7 Å². The molecule has 2 heterocycles. The highest BCUT2D eigenvalue weighted by Crippen LogP contribution is 2.41. The molecule has 23 heavy (non-hydrogen) atoms. The largest absolute Gasteiger partial charge is 0.493 e. The Morgan fingerprint density at radius 3 is 2.91 bits per heavy atom. The van der Waals surface area contributed by atoms with E-state index in [1.807, 2.05) is 4.90 Å². The highest BCUT2D eigenvalue weighted by Gasteiger charge is 2.31. The van der Waals surface area contributed by atoms with Crippen molar-refractivity contribution in [1.82, 2.24) is 4.90 Å². The summed E-state index contributed by atoms with van der Waals surface area (Å²) in [7, 11) is 1.56. The molecule has 1 aromatic carbocycles. The Kier molecular flexibility index (Phi) is 4.61. The molecule has 0 aromatic heterocycles. The predicted molar refractivity (Wildman–Crippen MR) is 86.3 cm³/mol. The number of carbonyl (C=O) groups is 1. The van der Waals surface area contributed by atoms with Crippen LogP contribution in [0.5, 0.6) is 17.2 Å². The first-order valence-corrected chi connectivity index (χ1v) is 8.12. The molecule has 6 heteroatoms. The Labute approximate surface area is 136 Å². The molecule has 1 fully saturated rings. The fourth-order valence-electron chi connectivity index (χ4n) is 3.30. The number of nitrogens with zero attached hydrogens (tertiary/aromatic N) is 1. The lowest BCUT2D eigenvalue weighted by Crippen LogP contribution is -2.49. The van der Waals surface area contributed by atoms with E-state index in [0.717, 1.165) is 19.4 Å². The lowest BCUT2D eigenvalue weighted by Gasteiger charge is -2.38. The highest BCUT2D eigenvalue weighted by molar-refractivity contribution is 5.96. The van der Waals surface area contributed by atoms with Crippen LogP contribution in [0.1, 0.15) is 30.1 Å². The van der Waals surface area contributed by atoms with Crippen LogP contribution in [0.15, 0.2) is 12.1 Å². The Morgan fingerprint density at radius 1 is 1.39 bits per heavy atom. The van der Waals surface area contributed by atoms with Crippen LogP contribution in [-0.2, 0) is 0 Å². The first-order chi connectivity index (χ1) is 11.1. The third-order valence-electron chi connectivity index (χ3n) is 4.59. The van der Waals surface area contributed by atoms with Crippen molar-refractivity contribution in [2.24, 2.45) is 11.7 Å². The minimum Gasteiger partial charge on any atom is -0.493 e. The molecule has 6 nitrogen and oxygen atoms in total. The monoisotopic (exact) mass is 320 g/mol. The maximum atomic E-state index is 12.9. The van der Waals surface area contributed by atoms with Crippen LogP contribution in [-0.4, -0.2) is 50.3 Å². The zero-order valence-electron chi connectivity index (χ0n) is 13.7. The second-order valence-corrected chi connectivity index (χ2v) is 6.22. The Hall–Kier alpha value is -1.95. The van der Waals surface area contributed by atoms with E-state index >= 15 is 0 Å². The molecule has 1 amide bonds. The molecule has 0 radical (unpaired) electrons. The molecule has 1 saturated heterocycles. The molecule has 1 aromatic rings. The second-order valence-electron chi connectivity index (χ2n) is 6.22. The summed E-state index contributed by atoms with van der Waals surface area (Å²) in [5.74, 6) is 2.23. The van der Waals surface area contributed by atoms with E-state index in [4.69, 9.17) is 19.9 Å². The van der Waals surface area contributed by atoms with E-state index in [-0.39, 0.29) is 11.9 Å². The fraction of sp³-hybridized carbons (Fsp3) is 0.588. The van der Waals surface area contributed by atoms with Crippen LogP contribution >= 0.6 is 0 Å². The van der Waals surface area contributed by atoms with Gasteiger partial charge in [-0.05, 0) is 30.9 Å². The van der Waals surface area contributed by atoms with Gasteiger partial charge in [0.15, 0.2) is 11.5 Å². The third-order valence-corrected chi connectivity index (χ3v) is 4.59. The zero-order valence-corrected chi connectivity index (χ0v) is 13.7. The van der Waals surface area contributed by atoms with Gasteiger partial charge in [0.2, 0.25) is 5.75 Å². The average molecular weight is 320 g/mol. The second kappa shape index (κ2) is 6.66. The molecule has 126 valence electrons. The molecule has 2 aliphatic rings. The van der Waals surface area contributed by atoms with Crippen molar-refractivity contribution in [1.29, 1.82) is 0 Å². The highest BCUT2D eigenvalue weighted by atomic mass is 16.6. The third kappa shape index (κ3) is 3.08. The Morgan fingerprint density at radius 2 is 2.17 bits per heavy atom. The summed E-state index contributed by atoms with van der Waals surface area (Å²) in [5.41, 5.74) is 6.43. The van der Waals surface area contributed by atoms with E-state index in [0.29, 0.717) is 48.5 Å². The van der Waals surface area contributed by atoms with Crippen molar-refractivity contribution >= 4 is 5.91 Å². The van der Waals surface area contributed by atoms with Crippen LogP contribution in [0.3, 0.4) is 0 Å². The summed E-state index contributed by atoms with van der Waals surface area (Å²) in [6, 6.07) is 3.55. The molecular weight excluding hydrogens is 296 g/mol. The van der Waals surface area contributed by atoms with Gasteiger partial charge in [-0.2, -0.15) is 0 Å². The van der Waals surface area contributed by atoms with Gasteiger partial charge in [-0.15, -0.1) is 0 Å². The number of ether oxygens (including phenoxy) is 3. The number of likely N-dealkylation sites (tertiary alicyclic amines) is 1. The van der Waals surface area contributed by atoms with Gasteiger partial charge in [0.05, 0.1) is 7.11 Å². The summed E-state index contributed by atoms with van der Waals surface area (Å²) < 4.78 is 16.6. The quantitative estimate of drug-likeness (QED) is 0.917. The molecule has 2 atom stereocenters. The van der Waals surface area contributed by atoms with Gasteiger partial charge >= 0.3 is 0 Å². The molecule has 0 spiro atoms. The van der Waals surface area contributed by atoms with Gasteiger partial charge in [-0.1, -0.05) is 6.92 Å². The van der Waals surface area contributed by atoms with Gasteiger partial charge in [0.1, 0.15) is 13.2 Å². The number of hydrogen-bond donors (Lipinski definition) is 1. The molecule has 0 bridgehead atoms. The molecule has 0 aliphatic carbocycles. The average Bonchev–Trinajstić information content (AvgIpc) is 2.59. The van der Waals surface area contributed by atoms with Crippen molar-refractivity contribution in [2.45, 2.75) is 25.8 Å². The number of amides is 1. The topological polar surface area (TPSA) is 74.0 Å². The fourth-order valence-corrected chi connectivity index (χ4v) is 3.30. The van der Waals surface area contributed by atoms with Gasteiger partial charge in [-0.3, -0.25) is 4.79 Å². The number of carbonyl (C=O) groups excluding carboxylic acids is 1. The zero-order chi connectivity index (χ0) is 16.4. The van der Waals surface area contributed by atoms with Crippen LogP contribution in [0.2, 0.25) is 0 Å². The minimum absolute atomic E-state index is 0.0253. The number of fused-ring (bicyclic) bond motifs is 1. The Balaban J connectivity index is 1.90. The predicted octanol–water partition coefficient (Wildman–Crippen LogP) is 1.67. The lowest BCUT2D eigenvalue weighted by molar-refractivity contribution is 0.0572. The molecule has 0 saturated carbocycles. The number of methoxy groups -OCH3 is 1. The lowest BCUT2D eigenvalue weighted by atomic mass is 9.92. The Bertz CT molecular complexity index is 573. The van der Waals surface area contributed by atoms with E-state index in [9.17, 15) is 4.79 Å². The number of nitrogens with two attached hydrogens (primary N) is 1. The summed E-state index contributed by atoms with van der Waals surface area (Å²) in [6.45, 7) is 4.38. The van der Waals surface area contributed by atoms with Crippen LogP contribution in [0.4, 0.5) is 0 Å². The minimum atomic E-state index is -0.0253. The molecule has 3 rings (SSSR count). The van der Waals surface area contributed by atoms with Crippen molar-refractivity contribution in [3.8, 4) is 17.2 Å². The molecular formula is C17H24N2O4. The number of piperidine rings is 1. The SMILES string of the molecule is COc1cc(C(=O)N2CCC(C)CC2CN)cc2c1OCCO2. The summed E-state index contributed by atoms with van der Waals surface area (Å²) in [6.07, 6.45) is 1.95. The first-order valence-electron chi connectivity index (χ1n) is 8.12. The van der Waals surface area contributed by atoms with Crippen LogP contribution in [0, 0.1) is 5.92 Å². The first kappa shape index (κ1) is 15.9. The van der Waals surface area contributed by atoms with E-state index in [1.54, 1.807) is 19.2 Å². The molecule has 2 unspecified atom stereocenters. The standard InChI is InChI=1S/C17H24N2O4/c1-11-3-4-19(13(7-11)10-18)17(20)12-8-14(21-2)16-15(9-12)22-5-6-23-16/h8-9,11,13H,3-7,10,18H2,1-2H3. The maximum absolute atomic E-state index is 12.9. The van der Waals surface area contributed by atoms with Gasteiger partial charge < -0.3 is 24.8 Å². The smallest absolute Gasteiger partial charge is 0.254 e. The summed E-state index contributed by atoms with van der Waals surface area (Å²) in [4.78, 5) is 14.8. The molecule has 2 N–H and O–H groups in total. The summed E-state index contributed by atoms with van der Waals surface area (Å²) in [5, 5.41) is 0. The van der Waals surface area contributed by atoms with Crippen molar-refractivity contribution in [3.05, 3.63) is 17.7 Å². The summed E-state index contributed by atoms with van der Waals surface area (Å²) >= 11 is 0. The normalized spacial score (nSPS) is 23.5. The number of hydrogen-bond acceptors (Lipinski definition) is 5. The van der Waals surface area contributed by atoms with Crippen LogP contribution < -0.4 is 19.9 Å².